The first-order valence-electron chi connectivity index (χ1n) is 7.62. The second-order valence-electron chi connectivity index (χ2n) is 5.73. The van der Waals surface area contributed by atoms with Crippen molar-refractivity contribution >= 4 is 40.0 Å². The molecule has 3 aromatic rings. The number of halogens is 2. The summed E-state index contributed by atoms with van der Waals surface area (Å²) in [6.45, 7) is 0.554. The summed E-state index contributed by atoms with van der Waals surface area (Å²) < 4.78 is 5.62. The monoisotopic (exact) mass is 360 g/mol. The third-order valence-corrected chi connectivity index (χ3v) is 4.72. The second kappa shape index (κ2) is 6.04. The van der Waals surface area contributed by atoms with Gasteiger partial charge < -0.3 is 15.0 Å². The highest BCUT2D eigenvalue weighted by atomic mass is 35.5. The number of benzene rings is 2. The molecule has 1 aliphatic heterocycles. The van der Waals surface area contributed by atoms with E-state index in [-0.39, 0.29) is 11.9 Å². The molecule has 6 heteroatoms. The van der Waals surface area contributed by atoms with Crippen molar-refractivity contribution in [2.24, 2.45) is 0 Å². The van der Waals surface area contributed by atoms with E-state index in [0.29, 0.717) is 28.8 Å². The van der Waals surface area contributed by atoms with E-state index in [9.17, 15) is 4.79 Å². The van der Waals surface area contributed by atoms with Crippen molar-refractivity contribution in [3.05, 3.63) is 63.8 Å². The average Bonchev–Trinajstić information content (AvgIpc) is 3.01. The SMILES string of the molecule is O=C(NC1CCOc2ccc(Cl)cc21)c1cc2cccc(Cl)c2[nH]1. The highest BCUT2D eigenvalue weighted by Crippen LogP contribution is 2.34. The fourth-order valence-electron chi connectivity index (χ4n) is 2.99. The minimum atomic E-state index is -0.180. The average molecular weight is 361 g/mol. The summed E-state index contributed by atoms with van der Waals surface area (Å²) in [6, 6.07) is 12.7. The van der Waals surface area contributed by atoms with E-state index < -0.39 is 0 Å². The Kier molecular flexibility index (Phi) is 3.87. The van der Waals surface area contributed by atoms with Gasteiger partial charge in [-0.25, -0.2) is 0 Å². The molecule has 1 aliphatic rings. The van der Waals surface area contributed by atoms with Crippen molar-refractivity contribution in [1.29, 1.82) is 0 Å². The molecule has 4 nitrogen and oxygen atoms in total. The van der Waals surface area contributed by atoms with E-state index in [1.807, 2.05) is 24.3 Å². The number of rotatable bonds is 2. The molecule has 0 saturated heterocycles. The van der Waals surface area contributed by atoms with Gasteiger partial charge in [-0.05, 0) is 30.3 Å². The van der Waals surface area contributed by atoms with Crippen LogP contribution in [0.4, 0.5) is 0 Å². The van der Waals surface area contributed by atoms with Crippen molar-refractivity contribution < 1.29 is 9.53 Å². The van der Waals surface area contributed by atoms with Gasteiger partial charge in [-0.2, -0.15) is 0 Å². The van der Waals surface area contributed by atoms with Gasteiger partial charge in [-0.15, -0.1) is 0 Å². The van der Waals surface area contributed by atoms with Crippen LogP contribution in [0.2, 0.25) is 10.0 Å². The maximum Gasteiger partial charge on any atom is 0.268 e. The number of nitrogens with one attached hydrogen (secondary N) is 2. The van der Waals surface area contributed by atoms with Crippen LogP contribution in [-0.2, 0) is 0 Å². The smallest absolute Gasteiger partial charge is 0.268 e. The lowest BCUT2D eigenvalue weighted by Gasteiger charge is -2.26. The van der Waals surface area contributed by atoms with Gasteiger partial charge in [-0.3, -0.25) is 4.79 Å². The second-order valence-corrected chi connectivity index (χ2v) is 6.58. The lowest BCUT2D eigenvalue weighted by Crippen LogP contribution is -2.32. The normalized spacial score (nSPS) is 16.5. The number of hydrogen-bond acceptors (Lipinski definition) is 2. The van der Waals surface area contributed by atoms with Crippen LogP contribution in [0.5, 0.6) is 5.75 Å². The Hall–Kier alpha value is -2.17. The van der Waals surface area contributed by atoms with E-state index >= 15 is 0 Å². The van der Waals surface area contributed by atoms with E-state index in [0.717, 1.165) is 22.2 Å². The fourth-order valence-corrected chi connectivity index (χ4v) is 3.40. The van der Waals surface area contributed by atoms with E-state index in [1.165, 1.54) is 0 Å². The standard InChI is InChI=1S/C18H14Cl2N2O2/c19-11-4-5-16-12(9-11)14(6-7-24-16)22-18(23)15-8-10-2-1-3-13(20)17(10)21-15/h1-5,8-9,14,21H,6-7H2,(H,22,23). The van der Waals surface area contributed by atoms with Crippen molar-refractivity contribution in [1.82, 2.24) is 10.3 Å². The molecule has 0 fully saturated rings. The molecule has 2 N–H and O–H groups in total. The molecule has 0 saturated carbocycles. The Morgan fingerprint density at radius 3 is 2.92 bits per heavy atom. The van der Waals surface area contributed by atoms with E-state index in [1.54, 1.807) is 18.2 Å². The molecule has 0 spiro atoms. The van der Waals surface area contributed by atoms with Crippen LogP contribution >= 0.6 is 23.2 Å². The molecular formula is C18H14Cl2N2O2. The molecule has 2 heterocycles. The summed E-state index contributed by atoms with van der Waals surface area (Å²) >= 11 is 12.2. The summed E-state index contributed by atoms with van der Waals surface area (Å²) in [7, 11) is 0. The number of ether oxygens (including phenoxy) is 1. The first kappa shape index (κ1) is 15.4. The molecule has 4 rings (SSSR count). The topological polar surface area (TPSA) is 54.1 Å². The number of fused-ring (bicyclic) bond motifs is 2. The van der Waals surface area contributed by atoms with Gasteiger partial charge in [-0.1, -0.05) is 35.3 Å². The van der Waals surface area contributed by atoms with Gasteiger partial charge in [0, 0.05) is 22.4 Å². The quantitative estimate of drug-likeness (QED) is 0.694. The highest BCUT2D eigenvalue weighted by molar-refractivity contribution is 6.35. The van der Waals surface area contributed by atoms with Gasteiger partial charge in [0.2, 0.25) is 0 Å². The van der Waals surface area contributed by atoms with Gasteiger partial charge in [0.05, 0.1) is 23.2 Å². The predicted molar refractivity (Wildman–Crippen MR) is 95.1 cm³/mol. The molecule has 1 aromatic heterocycles. The van der Waals surface area contributed by atoms with Crippen molar-refractivity contribution in [2.45, 2.75) is 12.5 Å². The maximum absolute atomic E-state index is 12.6. The van der Waals surface area contributed by atoms with E-state index in [2.05, 4.69) is 10.3 Å². The minimum Gasteiger partial charge on any atom is -0.493 e. The molecular weight excluding hydrogens is 347 g/mol. The number of aromatic amines is 1. The van der Waals surface area contributed by atoms with Gasteiger partial charge in [0.15, 0.2) is 0 Å². The number of para-hydroxylation sites is 1. The Bertz CT molecular complexity index is 936. The molecule has 2 aromatic carbocycles. The fraction of sp³-hybridized carbons (Fsp3) is 0.167. The first-order chi connectivity index (χ1) is 11.6. The van der Waals surface area contributed by atoms with Crippen LogP contribution in [0, 0.1) is 0 Å². The molecule has 0 bridgehead atoms. The van der Waals surface area contributed by atoms with Crippen LogP contribution in [0.3, 0.4) is 0 Å². The number of H-pyrrole nitrogens is 1. The van der Waals surface area contributed by atoms with Crippen LogP contribution in [0.15, 0.2) is 42.5 Å². The number of carbonyl (C=O) groups excluding carboxylic acids is 1. The summed E-state index contributed by atoms with van der Waals surface area (Å²) in [4.78, 5) is 15.7. The molecule has 122 valence electrons. The third-order valence-electron chi connectivity index (χ3n) is 4.17. The Morgan fingerprint density at radius 1 is 1.21 bits per heavy atom. The molecule has 0 aliphatic carbocycles. The van der Waals surface area contributed by atoms with Gasteiger partial charge >= 0.3 is 0 Å². The third kappa shape index (κ3) is 2.72. The number of amides is 1. The molecule has 1 unspecified atom stereocenters. The number of aromatic nitrogens is 1. The Morgan fingerprint density at radius 2 is 2.08 bits per heavy atom. The lowest BCUT2D eigenvalue weighted by atomic mass is 10.0. The zero-order chi connectivity index (χ0) is 16.7. The van der Waals surface area contributed by atoms with Crippen LogP contribution in [0.1, 0.15) is 28.5 Å². The highest BCUT2D eigenvalue weighted by Gasteiger charge is 2.24. The number of carbonyl (C=O) groups is 1. The molecule has 0 radical (unpaired) electrons. The zero-order valence-electron chi connectivity index (χ0n) is 12.6. The van der Waals surface area contributed by atoms with Gasteiger partial charge in [0.25, 0.3) is 5.91 Å². The van der Waals surface area contributed by atoms with E-state index in [4.69, 9.17) is 27.9 Å². The first-order valence-corrected chi connectivity index (χ1v) is 8.38. The number of hydrogen-bond donors (Lipinski definition) is 2. The van der Waals surface area contributed by atoms with Crippen LogP contribution in [0.25, 0.3) is 10.9 Å². The molecule has 24 heavy (non-hydrogen) atoms. The maximum atomic E-state index is 12.6. The van der Waals surface area contributed by atoms with Crippen LogP contribution in [-0.4, -0.2) is 17.5 Å². The summed E-state index contributed by atoms with van der Waals surface area (Å²) in [5.41, 5.74) is 2.14. The van der Waals surface area contributed by atoms with Gasteiger partial charge in [0.1, 0.15) is 11.4 Å². The summed E-state index contributed by atoms with van der Waals surface area (Å²) in [6.07, 6.45) is 0.695. The van der Waals surface area contributed by atoms with Crippen molar-refractivity contribution in [3.63, 3.8) is 0 Å². The molecule has 1 atom stereocenters. The Balaban J connectivity index is 1.62. The summed E-state index contributed by atoms with van der Waals surface area (Å²) in [5.74, 6) is 0.579. The van der Waals surface area contributed by atoms with Crippen molar-refractivity contribution in [3.8, 4) is 5.75 Å². The largest absolute Gasteiger partial charge is 0.493 e. The minimum absolute atomic E-state index is 0.137. The molecule has 1 amide bonds. The zero-order valence-corrected chi connectivity index (χ0v) is 14.1. The summed E-state index contributed by atoms with van der Waals surface area (Å²) in [5, 5.41) is 5.17. The Labute approximate surface area is 148 Å². The van der Waals surface area contributed by atoms with Crippen molar-refractivity contribution in [2.75, 3.05) is 6.61 Å². The lowest BCUT2D eigenvalue weighted by molar-refractivity contribution is 0.0920. The van der Waals surface area contributed by atoms with Crippen LogP contribution < -0.4 is 10.1 Å². The predicted octanol–water partition coefficient (Wildman–Crippen LogP) is 4.73.